The van der Waals surface area contributed by atoms with Crippen molar-refractivity contribution in [1.82, 2.24) is 0 Å². The predicted molar refractivity (Wildman–Crippen MR) is 81.5 cm³/mol. The van der Waals surface area contributed by atoms with Crippen LogP contribution in [-0.4, -0.2) is 12.4 Å². The highest BCUT2D eigenvalue weighted by atomic mass is 16.5. The van der Waals surface area contributed by atoms with Crippen molar-refractivity contribution in [3.63, 3.8) is 0 Å². The number of hydrogen-bond donors (Lipinski definition) is 0. The summed E-state index contributed by atoms with van der Waals surface area (Å²) in [5, 5.41) is 0. The smallest absolute Gasteiger partial charge is 0.193 e. The summed E-state index contributed by atoms with van der Waals surface area (Å²) in [6, 6.07) is 15.2. The van der Waals surface area contributed by atoms with E-state index in [0.717, 1.165) is 24.2 Å². The third-order valence-corrected chi connectivity index (χ3v) is 3.19. The molecule has 0 aliphatic heterocycles. The van der Waals surface area contributed by atoms with Gasteiger partial charge in [0.05, 0.1) is 6.61 Å². The Morgan fingerprint density at radius 2 is 1.75 bits per heavy atom. The van der Waals surface area contributed by atoms with Crippen molar-refractivity contribution in [3.05, 3.63) is 65.2 Å². The van der Waals surface area contributed by atoms with Crippen molar-refractivity contribution in [3.8, 4) is 5.75 Å². The fourth-order valence-corrected chi connectivity index (χ4v) is 2.01. The average molecular weight is 268 g/mol. The molecule has 0 amide bonds. The fraction of sp³-hybridized carbons (Fsp3) is 0.278. The highest BCUT2D eigenvalue weighted by Gasteiger charge is 2.09. The monoisotopic (exact) mass is 268 g/mol. The molecule has 0 bridgehead atoms. The van der Waals surface area contributed by atoms with Gasteiger partial charge in [0.1, 0.15) is 5.75 Å². The molecule has 0 unspecified atom stereocenters. The molecule has 0 atom stereocenters. The number of ketones is 1. The molecule has 0 spiro atoms. The van der Waals surface area contributed by atoms with Gasteiger partial charge < -0.3 is 4.74 Å². The second-order valence-electron chi connectivity index (χ2n) is 4.76. The number of carbonyl (C=O) groups is 1. The van der Waals surface area contributed by atoms with Gasteiger partial charge in [0.25, 0.3) is 0 Å². The molecule has 2 heteroatoms. The number of rotatable bonds is 6. The largest absolute Gasteiger partial charge is 0.494 e. The van der Waals surface area contributed by atoms with E-state index in [1.807, 2.05) is 48.5 Å². The topological polar surface area (TPSA) is 26.3 Å². The van der Waals surface area contributed by atoms with Gasteiger partial charge in [0.2, 0.25) is 0 Å². The minimum atomic E-state index is 0.0367. The lowest BCUT2D eigenvalue weighted by Crippen LogP contribution is -2.02. The molecular formula is C18H20O2. The first-order chi connectivity index (χ1) is 9.74. The van der Waals surface area contributed by atoms with Gasteiger partial charge in [-0.25, -0.2) is 0 Å². The van der Waals surface area contributed by atoms with Crippen molar-refractivity contribution in [2.45, 2.75) is 26.7 Å². The van der Waals surface area contributed by atoms with Crippen LogP contribution in [0, 0.1) is 0 Å². The summed E-state index contributed by atoms with van der Waals surface area (Å²) >= 11 is 0. The zero-order valence-electron chi connectivity index (χ0n) is 12.1. The van der Waals surface area contributed by atoms with Crippen LogP contribution in [0.3, 0.4) is 0 Å². The van der Waals surface area contributed by atoms with E-state index in [4.69, 9.17) is 4.74 Å². The Hall–Kier alpha value is -2.09. The Morgan fingerprint density at radius 1 is 1.00 bits per heavy atom. The zero-order chi connectivity index (χ0) is 14.4. The summed E-state index contributed by atoms with van der Waals surface area (Å²) in [5.41, 5.74) is 2.62. The highest BCUT2D eigenvalue weighted by molar-refractivity contribution is 6.09. The molecule has 2 rings (SSSR count). The van der Waals surface area contributed by atoms with Crippen molar-refractivity contribution in [1.29, 1.82) is 0 Å². The van der Waals surface area contributed by atoms with Crippen molar-refractivity contribution in [2.24, 2.45) is 0 Å². The van der Waals surface area contributed by atoms with Gasteiger partial charge in [-0.15, -0.1) is 0 Å². The molecule has 0 fully saturated rings. The van der Waals surface area contributed by atoms with Crippen LogP contribution < -0.4 is 4.74 Å². The molecule has 0 aliphatic rings. The van der Waals surface area contributed by atoms with Gasteiger partial charge in [0.15, 0.2) is 5.78 Å². The van der Waals surface area contributed by atoms with Gasteiger partial charge in [-0.1, -0.05) is 50.2 Å². The normalized spacial score (nSPS) is 10.3. The number of aryl methyl sites for hydroxylation is 1. The Balaban J connectivity index is 2.19. The maximum absolute atomic E-state index is 12.4. The first-order valence-electron chi connectivity index (χ1n) is 7.11. The second kappa shape index (κ2) is 6.90. The molecule has 0 aromatic heterocycles. The predicted octanol–water partition coefficient (Wildman–Crippen LogP) is 4.27. The van der Waals surface area contributed by atoms with Crippen LogP contribution >= 0.6 is 0 Å². The molecule has 0 saturated carbocycles. The SMILES string of the molecule is CCCOc1cccc(C(=O)c2ccc(CC)cc2)c1. The van der Waals surface area contributed by atoms with Crippen LogP contribution in [0.15, 0.2) is 48.5 Å². The van der Waals surface area contributed by atoms with Gasteiger partial charge in [-0.2, -0.15) is 0 Å². The molecule has 0 saturated heterocycles. The highest BCUT2D eigenvalue weighted by Crippen LogP contribution is 2.17. The van der Waals surface area contributed by atoms with E-state index in [-0.39, 0.29) is 5.78 Å². The number of benzene rings is 2. The van der Waals surface area contributed by atoms with E-state index in [9.17, 15) is 4.79 Å². The molecule has 0 radical (unpaired) electrons. The van der Waals surface area contributed by atoms with Crippen LogP contribution in [0.5, 0.6) is 5.75 Å². The van der Waals surface area contributed by atoms with E-state index >= 15 is 0 Å². The standard InChI is InChI=1S/C18H20O2/c1-3-12-20-17-7-5-6-16(13-17)18(19)15-10-8-14(4-2)9-11-15/h5-11,13H,3-4,12H2,1-2H3. The molecule has 104 valence electrons. The quantitative estimate of drug-likeness (QED) is 0.731. The third kappa shape index (κ3) is 3.47. The molecule has 0 aliphatic carbocycles. The summed E-state index contributed by atoms with van der Waals surface area (Å²) in [4.78, 5) is 12.4. The molecule has 2 aromatic rings. The molecule has 2 nitrogen and oxygen atoms in total. The molecule has 0 N–H and O–H groups in total. The lowest BCUT2D eigenvalue weighted by molar-refractivity contribution is 0.103. The van der Waals surface area contributed by atoms with Gasteiger partial charge >= 0.3 is 0 Å². The van der Waals surface area contributed by atoms with E-state index in [2.05, 4.69) is 13.8 Å². The van der Waals surface area contributed by atoms with Crippen LogP contribution in [0.2, 0.25) is 0 Å². The first-order valence-corrected chi connectivity index (χ1v) is 7.11. The number of hydrogen-bond acceptors (Lipinski definition) is 2. The maximum atomic E-state index is 12.4. The first kappa shape index (κ1) is 14.3. The molecular weight excluding hydrogens is 248 g/mol. The van der Waals surface area contributed by atoms with Crippen molar-refractivity contribution < 1.29 is 9.53 Å². The number of carbonyl (C=O) groups excluding carboxylic acids is 1. The van der Waals surface area contributed by atoms with E-state index in [1.165, 1.54) is 5.56 Å². The lowest BCUT2D eigenvalue weighted by atomic mass is 10.0. The maximum Gasteiger partial charge on any atom is 0.193 e. The Bertz CT molecular complexity index is 570. The van der Waals surface area contributed by atoms with E-state index < -0.39 is 0 Å². The Morgan fingerprint density at radius 3 is 2.40 bits per heavy atom. The van der Waals surface area contributed by atoms with Crippen LogP contribution in [0.25, 0.3) is 0 Å². The Labute approximate surface area is 120 Å². The summed E-state index contributed by atoms with van der Waals surface area (Å²) in [6.07, 6.45) is 1.94. The summed E-state index contributed by atoms with van der Waals surface area (Å²) in [7, 11) is 0. The van der Waals surface area contributed by atoms with E-state index in [0.29, 0.717) is 12.2 Å². The van der Waals surface area contributed by atoms with Crippen molar-refractivity contribution >= 4 is 5.78 Å². The average Bonchev–Trinajstić information content (AvgIpc) is 2.52. The van der Waals surface area contributed by atoms with Crippen LogP contribution in [-0.2, 0) is 6.42 Å². The van der Waals surface area contributed by atoms with Gasteiger partial charge in [-0.05, 0) is 30.5 Å². The third-order valence-electron chi connectivity index (χ3n) is 3.19. The van der Waals surface area contributed by atoms with E-state index in [1.54, 1.807) is 0 Å². The fourth-order valence-electron chi connectivity index (χ4n) is 2.01. The summed E-state index contributed by atoms with van der Waals surface area (Å²) in [6.45, 7) is 4.83. The van der Waals surface area contributed by atoms with Crippen molar-refractivity contribution in [2.75, 3.05) is 6.61 Å². The summed E-state index contributed by atoms with van der Waals surface area (Å²) < 4.78 is 5.57. The molecule has 20 heavy (non-hydrogen) atoms. The van der Waals surface area contributed by atoms with Gasteiger partial charge in [-0.3, -0.25) is 4.79 Å². The molecule has 2 aromatic carbocycles. The van der Waals surface area contributed by atoms with Gasteiger partial charge in [0, 0.05) is 11.1 Å². The van der Waals surface area contributed by atoms with Crippen LogP contribution in [0.1, 0.15) is 41.8 Å². The second-order valence-corrected chi connectivity index (χ2v) is 4.76. The Kier molecular flexibility index (Phi) is 4.94. The minimum Gasteiger partial charge on any atom is -0.494 e. The lowest BCUT2D eigenvalue weighted by Gasteiger charge is -2.07. The van der Waals surface area contributed by atoms with Crippen LogP contribution in [0.4, 0.5) is 0 Å². The summed E-state index contributed by atoms with van der Waals surface area (Å²) in [5.74, 6) is 0.789. The minimum absolute atomic E-state index is 0.0367. The number of ether oxygens (including phenoxy) is 1. The molecule has 0 heterocycles. The zero-order valence-corrected chi connectivity index (χ0v) is 12.1.